The highest BCUT2D eigenvalue weighted by molar-refractivity contribution is 6.34. The van der Waals surface area contributed by atoms with E-state index in [4.69, 9.17) is 17.3 Å². The van der Waals surface area contributed by atoms with Crippen molar-refractivity contribution in [2.45, 2.75) is 6.17 Å². The van der Waals surface area contributed by atoms with E-state index in [1.165, 1.54) is 0 Å². The van der Waals surface area contributed by atoms with Crippen molar-refractivity contribution in [3.63, 3.8) is 0 Å². The van der Waals surface area contributed by atoms with E-state index in [0.717, 1.165) is 5.56 Å². The van der Waals surface area contributed by atoms with Crippen LogP contribution in [0, 0.1) is 0 Å². The zero-order chi connectivity index (χ0) is 15.0. The molecule has 3 rings (SSSR count). The molecule has 0 fully saturated rings. The van der Waals surface area contributed by atoms with Gasteiger partial charge in [0.15, 0.2) is 0 Å². The third-order valence-electron chi connectivity index (χ3n) is 3.32. The fraction of sp³-hybridized carbons (Fsp3) is 0.0667. The molecule has 0 aliphatic carbocycles. The Labute approximate surface area is 126 Å². The maximum Gasteiger partial charge on any atom is 0.256 e. The van der Waals surface area contributed by atoms with Crippen LogP contribution < -0.4 is 16.4 Å². The predicted octanol–water partition coefficient (Wildman–Crippen LogP) is 2.29. The van der Waals surface area contributed by atoms with Gasteiger partial charge in [0, 0.05) is 5.56 Å². The van der Waals surface area contributed by atoms with E-state index in [1.54, 1.807) is 42.5 Å². The molecule has 2 aromatic rings. The minimum Gasteiger partial charge on any atom is -0.366 e. The van der Waals surface area contributed by atoms with Gasteiger partial charge >= 0.3 is 0 Å². The second kappa shape index (κ2) is 5.10. The van der Waals surface area contributed by atoms with Crippen molar-refractivity contribution in [3.8, 4) is 0 Å². The first-order chi connectivity index (χ1) is 10.1. The molecular formula is C15H12ClN3O2. The Bertz CT molecular complexity index is 745. The fourth-order valence-corrected chi connectivity index (χ4v) is 2.57. The number of nitrogens with one attached hydrogen (secondary N) is 2. The number of carbonyl (C=O) groups excluding carboxylic acids is 2. The van der Waals surface area contributed by atoms with E-state index in [1.807, 2.05) is 0 Å². The van der Waals surface area contributed by atoms with Crippen LogP contribution >= 0.6 is 11.6 Å². The summed E-state index contributed by atoms with van der Waals surface area (Å²) in [5.74, 6) is -0.772. The lowest BCUT2D eigenvalue weighted by Crippen LogP contribution is -2.38. The summed E-state index contributed by atoms with van der Waals surface area (Å²) >= 11 is 6.04. The molecule has 1 aliphatic heterocycles. The standard InChI is InChI=1S/C15H12ClN3O2/c16-10-5-2-6-11-12(10)15(21)19-14(18-11)9-4-1-3-8(7-9)13(17)20/h1-7,14,18H,(H2,17,20)(H,19,21). The molecule has 2 aromatic carbocycles. The van der Waals surface area contributed by atoms with Crippen molar-refractivity contribution in [1.82, 2.24) is 5.32 Å². The van der Waals surface area contributed by atoms with E-state index in [9.17, 15) is 9.59 Å². The van der Waals surface area contributed by atoms with Crippen LogP contribution in [-0.2, 0) is 0 Å². The highest BCUT2D eigenvalue weighted by Crippen LogP contribution is 2.31. The third kappa shape index (κ3) is 2.43. The van der Waals surface area contributed by atoms with Crippen LogP contribution in [0.15, 0.2) is 42.5 Å². The molecular weight excluding hydrogens is 290 g/mol. The lowest BCUT2D eigenvalue weighted by atomic mass is 10.0. The number of hydrogen-bond donors (Lipinski definition) is 3. The third-order valence-corrected chi connectivity index (χ3v) is 3.64. The molecule has 6 heteroatoms. The van der Waals surface area contributed by atoms with Crippen LogP contribution in [0.5, 0.6) is 0 Å². The van der Waals surface area contributed by atoms with Gasteiger partial charge in [-0.25, -0.2) is 0 Å². The van der Waals surface area contributed by atoms with Crippen molar-refractivity contribution in [2.24, 2.45) is 5.73 Å². The molecule has 1 atom stereocenters. The van der Waals surface area contributed by atoms with Gasteiger partial charge in [0.05, 0.1) is 16.3 Å². The number of rotatable bonds is 2. The first-order valence-electron chi connectivity index (χ1n) is 6.32. The quantitative estimate of drug-likeness (QED) is 0.795. The summed E-state index contributed by atoms with van der Waals surface area (Å²) in [6.45, 7) is 0. The Kier molecular flexibility index (Phi) is 3.27. The topological polar surface area (TPSA) is 84.2 Å². The Balaban J connectivity index is 1.98. The van der Waals surface area contributed by atoms with Gasteiger partial charge in [-0.15, -0.1) is 0 Å². The number of nitrogens with two attached hydrogens (primary N) is 1. The average molecular weight is 302 g/mol. The van der Waals surface area contributed by atoms with Crippen molar-refractivity contribution in [2.75, 3.05) is 5.32 Å². The van der Waals surface area contributed by atoms with Crippen LogP contribution in [0.3, 0.4) is 0 Å². The van der Waals surface area contributed by atoms with E-state index in [0.29, 0.717) is 21.8 Å². The summed E-state index contributed by atoms with van der Waals surface area (Å²) in [6.07, 6.45) is -0.442. The van der Waals surface area contributed by atoms with Gasteiger partial charge in [0.25, 0.3) is 5.91 Å². The molecule has 0 saturated heterocycles. The minimum absolute atomic E-state index is 0.260. The van der Waals surface area contributed by atoms with Crippen LogP contribution in [0.2, 0.25) is 5.02 Å². The summed E-state index contributed by atoms with van der Waals surface area (Å²) in [4.78, 5) is 23.4. The molecule has 106 valence electrons. The monoisotopic (exact) mass is 301 g/mol. The molecule has 5 nitrogen and oxygen atoms in total. The summed E-state index contributed by atoms with van der Waals surface area (Å²) in [5, 5.41) is 6.38. The van der Waals surface area contributed by atoms with Gasteiger partial charge in [-0.3, -0.25) is 9.59 Å². The van der Waals surface area contributed by atoms with Crippen molar-refractivity contribution < 1.29 is 9.59 Å². The molecule has 21 heavy (non-hydrogen) atoms. The van der Waals surface area contributed by atoms with Crippen molar-refractivity contribution in [1.29, 1.82) is 0 Å². The zero-order valence-electron chi connectivity index (χ0n) is 10.9. The highest BCUT2D eigenvalue weighted by Gasteiger charge is 2.26. The lowest BCUT2D eigenvalue weighted by molar-refractivity contribution is 0.0935. The number of primary amides is 1. The van der Waals surface area contributed by atoms with Gasteiger partial charge in [-0.2, -0.15) is 0 Å². The Morgan fingerprint density at radius 1 is 1.14 bits per heavy atom. The number of benzene rings is 2. The van der Waals surface area contributed by atoms with Crippen molar-refractivity contribution >= 4 is 29.1 Å². The Morgan fingerprint density at radius 2 is 1.90 bits per heavy atom. The van der Waals surface area contributed by atoms with Gasteiger partial charge in [-0.05, 0) is 29.8 Å². The molecule has 1 heterocycles. The molecule has 4 N–H and O–H groups in total. The number of halogens is 1. The van der Waals surface area contributed by atoms with E-state index >= 15 is 0 Å². The van der Waals surface area contributed by atoms with Gasteiger partial charge < -0.3 is 16.4 Å². The predicted molar refractivity (Wildman–Crippen MR) is 80.2 cm³/mol. The average Bonchev–Trinajstić information content (AvgIpc) is 2.47. The maximum absolute atomic E-state index is 12.2. The molecule has 0 saturated carbocycles. The summed E-state index contributed by atoms with van der Waals surface area (Å²) < 4.78 is 0. The lowest BCUT2D eigenvalue weighted by Gasteiger charge is -2.28. The fourth-order valence-electron chi connectivity index (χ4n) is 2.31. The molecule has 0 bridgehead atoms. The van der Waals surface area contributed by atoms with Gasteiger partial charge in [-0.1, -0.05) is 29.8 Å². The smallest absolute Gasteiger partial charge is 0.256 e. The second-order valence-electron chi connectivity index (χ2n) is 4.70. The maximum atomic E-state index is 12.2. The SMILES string of the molecule is NC(=O)c1cccc(C2NC(=O)c3c(Cl)cccc3N2)c1. The van der Waals surface area contributed by atoms with Crippen LogP contribution in [-0.4, -0.2) is 11.8 Å². The van der Waals surface area contributed by atoms with E-state index in [-0.39, 0.29) is 5.91 Å². The summed E-state index contributed by atoms with van der Waals surface area (Å²) in [5.41, 5.74) is 7.47. The molecule has 2 amide bonds. The number of hydrogen-bond acceptors (Lipinski definition) is 3. The molecule has 1 aliphatic rings. The molecule has 0 aromatic heterocycles. The van der Waals surface area contributed by atoms with Gasteiger partial charge in [0.1, 0.15) is 6.17 Å². The molecule has 0 spiro atoms. The normalized spacial score (nSPS) is 16.6. The second-order valence-corrected chi connectivity index (χ2v) is 5.11. The number of carbonyl (C=O) groups is 2. The summed E-state index contributed by atoms with van der Waals surface area (Å²) in [6, 6.07) is 12.0. The first kappa shape index (κ1) is 13.5. The summed E-state index contributed by atoms with van der Waals surface area (Å²) in [7, 11) is 0. The van der Waals surface area contributed by atoms with Crippen LogP contribution in [0.4, 0.5) is 5.69 Å². The van der Waals surface area contributed by atoms with Crippen LogP contribution in [0.1, 0.15) is 32.4 Å². The largest absolute Gasteiger partial charge is 0.366 e. The number of anilines is 1. The minimum atomic E-state index is -0.512. The first-order valence-corrected chi connectivity index (χ1v) is 6.70. The Morgan fingerprint density at radius 3 is 2.67 bits per heavy atom. The molecule has 0 radical (unpaired) electrons. The number of amides is 2. The van der Waals surface area contributed by atoms with Crippen LogP contribution in [0.25, 0.3) is 0 Å². The number of fused-ring (bicyclic) bond motifs is 1. The Hall–Kier alpha value is -2.53. The van der Waals surface area contributed by atoms with Gasteiger partial charge in [0.2, 0.25) is 5.91 Å². The highest BCUT2D eigenvalue weighted by atomic mass is 35.5. The zero-order valence-corrected chi connectivity index (χ0v) is 11.6. The van der Waals surface area contributed by atoms with E-state index in [2.05, 4.69) is 10.6 Å². The van der Waals surface area contributed by atoms with Crippen molar-refractivity contribution in [3.05, 3.63) is 64.2 Å². The van der Waals surface area contributed by atoms with E-state index < -0.39 is 12.1 Å². The molecule has 1 unspecified atom stereocenters.